The van der Waals surface area contributed by atoms with Crippen LogP contribution in [0, 0.1) is 5.92 Å². The highest BCUT2D eigenvalue weighted by Gasteiger charge is 2.38. The predicted molar refractivity (Wildman–Crippen MR) is 82.4 cm³/mol. The second kappa shape index (κ2) is 5.81. The fraction of sp³-hybridized carbons (Fsp3) is 0.500. The third-order valence-electron chi connectivity index (χ3n) is 3.43. The molecule has 0 radical (unpaired) electrons. The molecule has 1 aliphatic carbocycles. The number of halogens is 2. The summed E-state index contributed by atoms with van der Waals surface area (Å²) in [5, 5.41) is 0. The van der Waals surface area contributed by atoms with Crippen LogP contribution in [0.15, 0.2) is 32.0 Å². The number of rotatable bonds is 5. The Balaban J connectivity index is 2.35. The molecule has 0 aliphatic heterocycles. The van der Waals surface area contributed by atoms with Gasteiger partial charge in [-0.1, -0.05) is 15.9 Å². The zero-order valence-corrected chi connectivity index (χ0v) is 14.5. The first-order valence-corrected chi connectivity index (χ1v) is 9.03. The van der Waals surface area contributed by atoms with Crippen LogP contribution in [0.4, 0.5) is 0 Å². The quantitative estimate of drug-likeness (QED) is 0.809. The molecule has 2 N–H and O–H groups in total. The smallest absolute Gasteiger partial charge is 0.244 e. The van der Waals surface area contributed by atoms with Crippen molar-refractivity contribution in [2.45, 2.75) is 23.8 Å². The van der Waals surface area contributed by atoms with E-state index in [0.29, 0.717) is 16.9 Å². The molecule has 1 aromatic rings. The van der Waals surface area contributed by atoms with Crippen LogP contribution in [0.5, 0.6) is 0 Å². The highest BCUT2D eigenvalue weighted by molar-refractivity contribution is 9.11. The van der Waals surface area contributed by atoms with E-state index in [9.17, 15) is 8.42 Å². The lowest BCUT2D eigenvalue weighted by Gasteiger charge is -2.26. The van der Waals surface area contributed by atoms with Crippen LogP contribution < -0.4 is 5.73 Å². The molecule has 0 aromatic heterocycles. The van der Waals surface area contributed by atoms with Crippen molar-refractivity contribution in [3.05, 3.63) is 27.1 Å². The molecular weight excluding hydrogens is 396 g/mol. The molecule has 1 aliphatic rings. The summed E-state index contributed by atoms with van der Waals surface area (Å²) in [5.41, 5.74) is 5.73. The first-order valence-electron chi connectivity index (χ1n) is 6.01. The van der Waals surface area contributed by atoms with Crippen LogP contribution in [0.2, 0.25) is 0 Å². The summed E-state index contributed by atoms with van der Waals surface area (Å²) in [4.78, 5) is 0.275. The van der Waals surface area contributed by atoms with Gasteiger partial charge < -0.3 is 5.73 Å². The SMILES string of the molecule is CN(C(CN)C1CC1)S(=O)(=O)c1ccc(Br)cc1Br. The van der Waals surface area contributed by atoms with E-state index in [0.717, 1.165) is 17.3 Å². The summed E-state index contributed by atoms with van der Waals surface area (Å²) < 4.78 is 28.0. The van der Waals surface area contributed by atoms with E-state index >= 15 is 0 Å². The lowest BCUT2D eigenvalue weighted by molar-refractivity contribution is 0.340. The molecule has 7 heteroatoms. The Morgan fingerprint density at radius 1 is 1.42 bits per heavy atom. The molecular formula is C12H16Br2N2O2S. The summed E-state index contributed by atoms with van der Waals surface area (Å²) in [6.45, 7) is 0.356. The van der Waals surface area contributed by atoms with E-state index in [4.69, 9.17) is 5.73 Å². The number of likely N-dealkylation sites (N-methyl/N-ethyl adjacent to an activating group) is 1. The third kappa shape index (κ3) is 3.21. The zero-order valence-electron chi connectivity index (χ0n) is 10.5. The Kier molecular flexibility index (Phi) is 4.72. The van der Waals surface area contributed by atoms with Crippen molar-refractivity contribution < 1.29 is 8.42 Å². The van der Waals surface area contributed by atoms with Crippen molar-refractivity contribution in [2.75, 3.05) is 13.6 Å². The first kappa shape index (κ1) is 15.4. The maximum absolute atomic E-state index is 12.6. The summed E-state index contributed by atoms with van der Waals surface area (Å²) in [7, 11) is -1.91. The largest absolute Gasteiger partial charge is 0.329 e. The second-order valence-electron chi connectivity index (χ2n) is 4.74. The Bertz CT molecular complexity index is 573. The van der Waals surface area contributed by atoms with Crippen molar-refractivity contribution in [3.63, 3.8) is 0 Å². The minimum atomic E-state index is -3.52. The fourth-order valence-electron chi connectivity index (χ4n) is 2.14. The van der Waals surface area contributed by atoms with Crippen molar-refractivity contribution in [1.29, 1.82) is 0 Å². The van der Waals surface area contributed by atoms with Crippen molar-refractivity contribution in [2.24, 2.45) is 11.7 Å². The molecule has 1 unspecified atom stereocenters. The van der Waals surface area contributed by atoms with Gasteiger partial charge in [0.25, 0.3) is 0 Å². The van der Waals surface area contributed by atoms with Gasteiger partial charge in [0.05, 0.1) is 4.90 Å². The van der Waals surface area contributed by atoms with Gasteiger partial charge in [0.1, 0.15) is 0 Å². The van der Waals surface area contributed by atoms with E-state index in [2.05, 4.69) is 31.9 Å². The number of nitrogens with zero attached hydrogens (tertiary/aromatic N) is 1. The van der Waals surface area contributed by atoms with Crippen molar-refractivity contribution >= 4 is 41.9 Å². The molecule has 19 heavy (non-hydrogen) atoms. The Hall–Kier alpha value is 0.0500. The summed E-state index contributed by atoms with van der Waals surface area (Å²) in [6.07, 6.45) is 2.12. The number of nitrogens with two attached hydrogens (primary N) is 1. The highest BCUT2D eigenvalue weighted by atomic mass is 79.9. The van der Waals surface area contributed by atoms with E-state index in [1.54, 1.807) is 25.2 Å². The molecule has 0 saturated heterocycles. The van der Waals surface area contributed by atoms with Gasteiger partial charge >= 0.3 is 0 Å². The topological polar surface area (TPSA) is 63.4 Å². The molecule has 0 amide bonds. The van der Waals surface area contributed by atoms with Gasteiger partial charge in [-0.15, -0.1) is 0 Å². The van der Waals surface area contributed by atoms with Gasteiger partial charge in [-0.2, -0.15) is 4.31 Å². The Morgan fingerprint density at radius 2 is 2.05 bits per heavy atom. The van der Waals surface area contributed by atoms with Crippen LogP contribution in [0.3, 0.4) is 0 Å². The number of hydrogen-bond donors (Lipinski definition) is 1. The maximum Gasteiger partial charge on any atom is 0.244 e. The molecule has 2 rings (SSSR count). The molecule has 106 valence electrons. The van der Waals surface area contributed by atoms with Gasteiger partial charge in [0.2, 0.25) is 10.0 Å². The molecule has 1 fully saturated rings. The average molecular weight is 412 g/mol. The summed E-state index contributed by atoms with van der Waals surface area (Å²) in [5.74, 6) is 0.402. The van der Waals surface area contributed by atoms with Crippen molar-refractivity contribution in [3.8, 4) is 0 Å². The first-order chi connectivity index (χ1) is 8.87. The Labute approximate surface area is 130 Å². The van der Waals surface area contributed by atoms with Crippen LogP contribution in [-0.2, 0) is 10.0 Å². The van der Waals surface area contributed by atoms with Crippen LogP contribution >= 0.6 is 31.9 Å². The molecule has 0 bridgehead atoms. The monoisotopic (exact) mass is 410 g/mol. The predicted octanol–water partition coefficient (Wildman–Crippen LogP) is 2.57. The molecule has 1 aromatic carbocycles. The second-order valence-corrected chi connectivity index (χ2v) is 8.47. The Morgan fingerprint density at radius 3 is 2.53 bits per heavy atom. The van der Waals surface area contributed by atoms with Crippen LogP contribution in [0.1, 0.15) is 12.8 Å². The van der Waals surface area contributed by atoms with Gasteiger partial charge in [-0.05, 0) is 52.9 Å². The normalized spacial score (nSPS) is 17.7. The lowest BCUT2D eigenvalue weighted by Crippen LogP contribution is -2.43. The number of hydrogen-bond acceptors (Lipinski definition) is 3. The zero-order chi connectivity index (χ0) is 14.2. The average Bonchev–Trinajstić information content (AvgIpc) is 3.13. The maximum atomic E-state index is 12.6. The molecule has 0 spiro atoms. The van der Waals surface area contributed by atoms with E-state index < -0.39 is 10.0 Å². The van der Waals surface area contributed by atoms with Gasteiger partial charge in [0.15, 0.2) is 0 Å². The minimum absolute atomic E-state index is 0.111. The standard InChI is InChI=1S/C12H16Br2N2O2S/c1-16(11(7-15)8-2-3-8)19(17,18)12-5-4-9(13)6-10(12)14/h4-6,8,11H,2-3,7,15H2,1H3. The number of sulfonamides is 1. The van der Waals surface area contributed by atoms with Crippen LogP contribution in [-0.4, -0.2) is 32.4 Å². The summed E-state index contributed by atoms with van der Waals surface area (Å²) >= 11 is 6.63. The van der Waals surface area contributed by atoms with Gasteiger partial charge in [-0.25, -0.2) is 8.42 Å². The van der Waals surface area contributed by atoms with Gasteiger partial charge in [0, 0.05) is 28.6 Å². The van der Waals surface area contributed by atoms with Crippen molar-refractivity contribution in [1.82, 2.24) is 4.31 Å². The van der Waals surface area contributed by atoms with E-state index in [-0.39, 0.29) is 10.9 Å². The summed E-state index contributed by atoms with van der Waals surface area (Å²) in [6, 6.07) is 4.94. The molecule has 1 atom stereocenters. The van der Waals surface area contributed by atoms with Gasteiger partial charge in [-0.3, -0.25) is 0 Å². The molecule has 1 saturated carbocycles. The van der Waals surface area contributed by atoms with Crippen LogP contribution in [0.25, 0.3) is 0 Å². The molecule has 0 heterocycles. The minimum Gasteiger partial charge on any atom is -0.329 e. The fourth-order valence-corrected chi connectivity index (χ4v) is 5.27. The van der Waals surface area contributed by atoms with E-state index in [1.165, 1.54) is 4.31 Å². The third-order valence-corrected chi connectivity index (χ3v) is 6.78. The highest BCUT2D eigenvalue weighted by Crippen LogP contribution is 2.37. The number of benzene rings is 1. The van der Waals surface area contributed by atoms with E-state index in [1.807, 2.05) is 0 Å². The molecule has 4 nitrogen and oxygen atoms in total. The lowest BCUT2D eigenvalue weighted by atomic mass is 10.2.